The van der Waals surface area contributed by atoms with E-state index >= 15 is 0 Å². The molecule has 2 unspecified atom stereocenters. The van der Waals surface area contributed by atoms with Gasteiger partial charge in [-0.2, -0.15) is 4.31 Å². The summed E-state index contributed by atoms with van der Waals surface area (Å²) in [5, 5.41) is 11.2. The number of aryl methyl sites for hydroxylation is 2. The lowest BCUT2D eigenvalue weighted by Gasteiger charge is -2.29. The molecule has 0 spiro atoms. The molecule has 53 heavy (non-hydrogen) atoms. The molecule has 0 saturated carbocycles. The number of hydrogen-bond acceptors (Lipinski definition) is 10. The molecule has 14 heteroatoms. The summed E-state index contributed by atoms with van der Waals surface area (Å²) in [6, 6.07) is 9.70. The molecule has 0 fully saturated rings. The highest BCUT2D eigenvalue weighted by atomic mass is 32.2. The van der Waals surface area contributed by atoms with Gasteiger partial charge in [0.25, 0.3) is 0 Å². The average molecular weight is 752 g/mol. The minimum Gasteiger partial charge on any atom is -0.494 e. The van der Waals surface area contributed by atoms with E-state index in [1.165, 1.54) is 4.31 Å². The summed E-state index contributed by atoms with van der Waals surface area (Å²) >= 11 is 0. The monoisotopic (exact) mass is 751 g/mol. The molecular weight excluding hydrogens is 699 g/mol. The first kappa shape index (κ1) is 39.8. The Kier molecular flexibility index (Phi) is 12.2. The van der Waals surface area contributed by atoms with Crippen LogP contribution in [-0.4, -0.2) is 78.3 Å². The molecule has 3 aromatic rings. The van der Waals surface area contributed by atoms with E-state index < -0.39 is 33.7 Å². The molecule has 5 rings (SSSR count). The summed E-state index contributed by atoms with van der Waals surface area (Å²) in [5.41, 5.74) is 4.15. The van der Waals surface area contributed by atoms with E-state index in [-0.39, 0.29) is 48.8 Å². The Balaban J connectivity index is 1.39. The van der Waals surface area contributed by atoms with Crippen LogP contribution in [0.25, 0.3) is 11.0 Å². The number of carbonyl (C=O) groups excluding carboxylic acids is 2. The summed E-state index contributed by atoms with van der Waals surface area (Å²) in [7, 11) is -0.570. The van der Waals surface area contributed by atoms with Crippen LogP contribution in [0, 0.1) is 18.8 Å². The lowest BCUT2D eigenvalue weighted by molar-refractivity contribution is -0.143. The maximum atomic E-state index is 14.4. The Bertz CT molecular complexity index is 2000. The van der Waals surface area contributed by atoms with E-state index in [2.05, 4.69) is 15.6 Å². The molecule has 1 N–H and O–H groups in total. The molecule has 0 bridgehead atoms. The van der Waals surface area contributed by atoms with Crippen molar-refractivity contribution in [3.8, 4) is 5.75 Å². The lowest BCUT2D eigenvalue weighted by Crippen LogP contribution is -2.35. The van der Waals surface area contributed by atoms with Gasteiger partial charge in [-0.15, -0.1) is 5.10 Å². The van der Waals surface area contributed by atoms with Gasteiger partial charge in [-0.25, -0.2) is 17.9 Å². The van der Waals surface area contributed by atoms with Crippen LogP contribution in [0.2, 0.25) is 0 Å². The molecule has 288 valence electrons. The smallest absolute Gasteiger partial charge is 0.407 e. The fourth-order valence-electron chi connectivity index (χ4n) is 6.99. The van der Waals surface area contributed by atoms with Crippen molar-refractivity contribution in [2.45, 2.75) is 91.9 Å². The van der Waals surface area contributed by atoms with Crippen LogP contribution >= 0.6 is 0 Å². The first-order valence-corrected chi connectivity index (χ1v) is 19.6. The van der Waals surface area contributed by atoms with Gasteiger partial charge in [-0.1, -0.05) is 36.4 Å². The molecule has 1 aliphatic carbocycles. The molecule has 2 heterocycles. The fraction of sp³-hybridized carbons (Fsp3) is 0.538. The third kappa shape index (κ3) is 9.21. The van der Waals surface area contributed by atoms with Crippen molar-refractivity contribution < 1.29 is 37.0 Å². The summed E-state index contributed by atoms with van der Waals surface area (Å²) in [6.45, 7) is 14.0. The van der Waals surface area contributed by atoms with E-state index in [9.17, 15) is 18.0 Å². The van der Waals surface area contributed by atoms with Gasteiger partial charge in [0.15, 0.2) is 0 Å². The van der Waals surface area contributed by atoms with Crippen LogP contribution in [-0.2, 0) is 42.6 Å². The Hall–Kier alpha value is -4.43. The Morgan fingerprint density at radius 1 is 1.13 bits per heavy atom. The topological polar surface area (TPSA) is 151 Å². The first-order valence-electron chi connectivity index (χ1n) is 18.2. The van der Waals surface area contributed by atoms with Crippen LogP contribution in [0.1, 0.15) is 89.0 Å². The summed E-state index contributed by atoms with van der Waals surface area (Å²) < 4.78 is 54.7. The third-order valence-electron chi connectivity index (χ3n) is 9.69. The number of hydrogen-bond donors (Lipinski definition) is 1. The molecular formula is C39H53N5O8S. The maximum Gasteiger partial charge on any atom is 0.407 e. The summed E-state index contributed by atoms with van der Waals surface area (Å²) in [5.74, 6) is 0.137. The van der Waals surface area contributed by atoms with Crippen LogP contribution in [0.4, 0.5) is 4.79 Å². The number of rotatable bonds is 12. The minimum absolute atomic E-state index is 0.0399. The van der Waals surface area contributed by atoms with Gasteiger partial charge in [0.2, 0.25) is 10.0 Å². The molecule has 1 aliphatic heterocycles. The zero-order chi connectivity index (χ0) is 38.7. The van der Waals surface area contributed by atoms with Gasteiger partial charge < -0.3 is 24.3 Å². The van der Waals surface area contributed by atoms with Crippen molar-refractivity contribution in [3.05, 3.63) is 75.4 Å². The summed E-state index contributed by atoms with van der Waals surface area (Å²) in [4.78, 5) is 25.2. The quantitative estimate of drug-likeness (QED) is 0.166. The van der Waals surface area contributed by atoms with Gasteiger partial charge in [0.05, 0.1) is 26.7 Å². The lowest BCUT2D eigenvalue weighted by atomic mass is 9.85. The Morgan fingerprint density at radius 3 is 2.58 bits per heavy atom. The number of ether oxygens (including phenoxy) is 4. The van der Waals surface area contributed by atoms with Crippen molar-refractivity contribution in [3.63, 3.8) is 0 Å². The van der Waals surface area contributed by atoms with Crippen molar-refractivity contribution in [2.24, 2.45) is 18.9 Å². The predicted octanol–water partition coefficient (Wildman–Crippen LogP) is 6.26. The van der Waals surface area contributed by atoms with Crippen LogP contribution in [0.5, 0.6) is 5.75 Å². The second-order valence-electron chi connectivity index (χ2n) is 14.9. The number of fused-ring (bicyclic) bond motifs is 1. The average Bonchev–Trinajstić information content (AvgIpc) is 3.42. The first-order chi connectivity index (χ1) is 25.0. The number of allylic oxidation sites excluding steroid dienone is 3. The largest absolute Gasteiger partial charge is 0.494 e. The number of nitrogens with zero attached hydrogens (tertiary/aromatic N) is 4. The minimum atomic E-state index is -3.94. The van der Waals surface area contributed by atoms with E-state index in [4.69, 9.17) is 18.9 Å². The molecule has 1 aromatic heterocycles. The molecule has 13 nitrogen and oxygen atoms in total. The maximum absolute atomic E-state index is 14.4. The molecule has 1 amide bonds. The SMILES string of the molecule is CCOC(=O)C[C@@H](c1ccc(C)c(CN2C[C@@H](C)OC3=C(C=CC(CCCNC(=O)OC(C)(C)C)C3C)S2(=O)=O)c1)c1cc(OC)c2c(c1)nnn2C. The number of nitrogens with one attached hydrogen (secondary N) is 1. The number of sulfonamides is 1. The van der Waals surface area contributed by atoms with Crippen LogP contribution in [0.15, 0.2) is 53.1 Å². The van der Waals surface area contributed by atoms with E-state index in [0.29, 0.717) is 30.0 Å². The van der Waals surface area contributed by atoms with E-state index in [1.54, 1.807) is 31.8 Å². The number of esters is 1. The van der Waals surface area contributed by atoms with Gasteiger partial charge in [0, 0.05) is 32.0 Å². The van der Waals surface area contributed by atoms with Crippen molar-refractivity contribution in [1.82, 2.24) is 24.6 Å². The number of alkyl carbamates (subject to hydrolysis) is 1. The van der Waals surface area contributed by atoms with Crippen LogP contribution in [0.3, 0.4) is 0 Å². The van der Waals surface area contributed by atoms with E-state index in [1.807, 2.05) is 78.0 Å². The second-order valence-corrected chi connectivity index (χ2v) is 16.8. The zero-order valence-electron chi connectivity index (χ0n) is 32.3. The number of aromatic nitrogens is 3. The standard InChI is InChI=1S/C39H53N5O8S/c1-10-50-35(45)21-31(29-19-32-36(33(20-29)49-9)43(8)42-41-32)28-14-13-24(2)30(18-28)23-44-22-25(3)51-37-26(4)27(15-16-34(37)53(44,47)48)12-11-17-40-38(46)52-39(5,6)7/h13-16,18-20,25-27,31H,10-12,17,21-23H2,1-9H3,(H,40,46)/t25-,26?,27?,31+/m1/s1. The zero-order valence-corrected chi connectivity index (χ0v) is 33.1. The normalized spacial score (nSPS) is 20.7. The van der Waals surface area contributed by atoms with Gasteiger partial charge in [0.1, 0.15) is 39.2 Å². The number of benzene rings is 2. The molecule has 4 atom stereocenters. The molecule has 2 aliphatic rings. The van der Waals surface area contributed by atoms with Gasteiger partial charge >= 0.3 is 12.1 Å². The molecule has 0 radical (unpaired) electrons. The summed E-state index contributed by atoms with van der Waals surface area (Å²) in [6.07, 6.45) is 4.27. The van der Waals surface area contributed by atoms with Crippen molar-refractivity contribution in [2.75, 3.05) is 26.8 Å². The number of carbonyl (C=O) groups is 2. The number of amides is 1. The second kappa shape index (κ2) is 16.3. The molecule has 0 saturated heterocycles. The van der Waals surface area contributed by atoms with Gasteiger partial charge in [-0.05, 0) is 101 Å². The Labute approximate surface area is 312 Å². The highest BCUT2D eigenvalue weighted by molar-refractivity contribution is 7.93. The molecule has 2 aromatic carbocycles. The van der Waals surface area contributed by atoms with Crippen LogP contribution < -0.4 is 10.1 Å². The fourth-order valence-corrected chi connectivity index (χ4v) is 8.72. The third-order valence-corrected chi connectivity index (χ3v) is 11.5. The van der Waals surface area contributed by atoms with Crippen molar-refractivity contribution in [1.29, 1.82) is 0 Å². The predicted molar refractivity (Wildman–Crippen MR) is 202 cm³/mol. The highest BCUT2D eigenvalue weighted by Gasteiger charge is 2.39. The Morgan fingerprint density at radius 2 is 1.89 bits per heavy atom. The van der Waals surface area contributed by atoms with E-state index in [0.717, 1.165) is 34.2 Å². The van der Waals surface area contributed by atoms with Gasteiger partial charge in [-0.3, -0.25) is 4.79 Å². The number of methoxy groups -OCH3 is 1. The highest BCUT2D eigenvalue weighted by Crippen LogP contribution is 2.40. The van der Waals surface area contributed by atoms with Crippen molar-refractivity contribution >= 4 is 33.1 Å².